The average molecular weight is 463 g/mol. The monoisotopic (exact) mass is 462 g/mol. The van der Waals surface area contributed by atoms with E-state index in [2.05, 4.69) is 10.2 Å². The van der Waals surface area contributed by atoms with Crippen molar-refractivity contribution in [3.63, 3.8) is 0 Å². The Hall–Kier alpha value is -2.18. The van der Waals surface area contributed by atoms with Crippen LogP contribution in [0.3, 0.4) is 0 Å². The van der Waals surface area contributed by atoms with E-state index >= 15 is 0 Å². The molecule has 3 aromatic rings. The predicted molar refractivity (Wildman–Crippen MR) is 117 cm³/mol. The fourth-order valence-corrected chi connectivity index (χ4v) is 4.25. The molecule has 0 saturated carbocycles. The number of aromatic amines is 1. The number of hydrogen-bond donors (Lipinski definition) is 6. The zero-order valence-electron chi connectivity index (χ0n) is 17.6. The van der Waals surface area contributed by atoms with Gasteiger partial charge in [-0.05, 0) is 48.6 Å². The van der Waals surface area contributed by atoms with Crippen molar-refractivity contribution < 1.29 is 35.0 Å². The number of nitrogens with one attached hydrogen (secondary N) is 1. The highest BCUT2D eigenvalue weighted by Gasteiger charge is 2.57. The molecule has 32 heavy (non-hydrogen) atoms. The summed E-state index contributed by atoms with van der Waals surface area (Å²) in [7, 11) is 0. The van der Waals surface area contributed by atoms with Gasteiger partial charge in [-0.25, -0.2) is 0 Å². The molecule has 2 aromatic carbocycles. The predicted octanol–water partition coefficient (Wildman–Crippen LogP) is 0.683. The number of nitrogens with zero attached hydrogens (tertiary/aromatic N) is 1. The lowest BCUT2D eigenvalue weighted by Crippen LogP contribution is -2.69. The van der Waals surface area contributed by atoms with Gasteiger partial charge in [-0.3, -0.25) is 5.10 Å². The number of aliphatic hydroxyl groups is 5. The van der Waals surface area contributed by atoms with Gasteiger partial charge in [0.25, 0.3) is 5.79 Å². The average Bonchev–Trinajstić information content (AvgIpc) is 3.18. The topological polar surface area (TPSA) is 148 Å². The molecule has 1 aliphatic heterocycles. The summed E-state index contributed by atoms with van der Waals surface area (Å²) in [5, 5.41) is 59.1. The van der Waals surface area contributed by atoms with Crippen molar-refractivity contribution >= 4 is 22.7 Å². The molecule has 2 heterocycles. The number of hydrogen-bond acceptors (Lipinski definition) is 9. The van der Waals surface area contributed by atoms with Crippen LogP contribution in [0.1, 0.15) is 16.8 Å². The number of aryl methyl sites for hydroxylation is 1. The van der Waals surface area contributed by atoms with Crippen LogP contribution in [0.4, 0.5) is 0 Å². The van der Waals surface area contributed by atoms with Crippen molar-refractivity contribution in [2.75, 3.05) is 12.9 Å². The Morgan fingerprint density at radius 3 is 2.56 bits per heavy atom. The Labute approximate surface area is 188 Å². The van der Waals surface area contributed by atoms with Gasteiger partial charge >= 0.3 is 0 Å². The zero-order valence-corrected chi connectivity index (χ0v) is 18.4. The summed E-state index contributed by atoms with van der Waals surface area (Å²) in [6.07, 6.45) is -4.41. The molecule has 0 amide bonds. The highest BCUT2D eigenvalue weighted by Crippen LogP contribution is 2.37. The Morgan fingerprint density at radius 1 is 1.19 bits per heavy atom. The smallest absolute Gasteiger partial charge is 0.288 e. The standard InChI is InChI=1S/C22H26N2O7S/c1-11-7-14-18(15(24-23-14)9-12-3-5-13(32-2)6-4-12)16(8-11)31-22(29)20(27)19(26)17(10-25)30-21(22)28/h3-8,17,19-21,25-29H,9-10H2,1-2H3,(H,23,24)/t17-,19-,20+,21-,22+/m1/s1. The van der Waals surface area contributed by atoms with Crippen molar-refractivity contribution in [1.29, 1.82) is 0 Å². The maximum absolute atomic E-state index is 10.9. The molecule has 0 unspecified atom stereocenters. The maximum atomic E-state index is 10.9. The van der Waals surface area contributed by atoms with E-state index in [1.807, 2.05) is 43.5 Å². The number of aromatic nitrogens is 2. The summed E-state index contributed by atoms with van der Waals surface area (Å²) >= 11 is 1.65. The lowest BCUT2D eigenvalue weighted by Gasteiger charge is -2.45. The van der Waals surface area contributed by atoms with Crippen LogP contribution in [-0.4, -0.2) is 79.0 Å². The van der Waals surface area contributed by atoms with Gasteiger partial charge in [0.15, 0.2) is 6.10 Å². The summed E-state index contributed by atoms with van der Waals surface area (Å²) in [5.41, 5.74) is 3.09. The van der Waals surface area contributed by atoms with Crippen molar-refractivity contribution in [2.45, 2.75) is 48.6 Å². The summed E-state index contributed by atoms with van der Waals surface area (Å²) in [6.45, 7) is 1.17. The van der Waals surface area contributed by atoms with Gasteiger partial charge < -0.3 is 35.0 Å². The van der Waals surface area contributed by atoms with E-state index in [1.54, 1.807) is 17.8 Å². The van der Waals surface area contributed by atoms with Gasteiger partial charge in [-0.2, -0.15) is 5.10 Å². The highest BCUT2D eigenvalue weighted by atomic mass is 32.2. The van der Waals surface area contributed by atoms with E-state index in [-0.39, 0.29) is 5.75 Å². The van der Waals surface area contributed by atoms with E-state index in [4.69, 9.17) is 9.47 Å². The highest BCUT2D eigenvalue weighted by molar-refractivity contribution is 7.98. The van der Waals surface area contributed by atoms with Crippen molar-refractivity contribution in [1.82, 2.24) is 10.2 Å². The quantitative estimate of drug-likeness (QED) is 0.230. The molecule has 10 heteroatoms. The van der Waals surface area contributed by atoms with Gasteiger partial charge in [-0.15, -0.1) is 11.8 Å². The molecule has 9 nitrogen and oxygen atoms in total. The first kappa shape index (κ1) is 23.0. The van der Waals surface area contributed by atoms with E-state index in [0.29, 0.717) is 23.0 Å². The Bertz CT molecular complexity index is 1090. The minimum absolute atomic E-state index is 0.156. The fourth-order valence-electron chi connectivity index (χ4n) is 3.84. The summed E-state index contributed by atoms with van der Waals surface area (Å²) in [6, 6.07) is 11.5. The van der Waals surface area contributed by atoms with Crippen LogP contribution in [0.15, 0.2) is 41.3 Å². The Kier molecular flexibility index (Phi) is 6.46. The van der Waals surface area contributed by atoms with Crippen LogP contribution in [-0.2, 0) is 11.2 Å². The lowest BCUT2D eigenvalue weighted by molar-refractivity contribution is -0.385. The van der Waals surface area contributed by atoms with Crippen LogP contribution < -0.4 is 4.74 Å². The third kappa shape index (κ3) is 4.11. The molecule has 5 atom stereocenters. The third-order valence-electron chi connectivity index (χ3n) is 5.62. The maximum Gasteiger partial charge on any atom is 0.288 e. The van der Waals surface area contributed by atoms with Crippen LogP contribution in [0, 0.1) is 6.92 Å². The van der Waals surface area contributed by atoms with Crippen molar-refractivity contribution in [3.05, 3.63) is 53.2 Å². The van der Waals surface area contributed by atoms with Crippen LogP contribution >= 0.6 is 11.8 Å². The molecule has 1 fully saturated rings. The summed E-state index contributed by atoms with van der Waals surface area (Å²) in [4.78, 5) is 1.14. The normalized spacial score (nSPS) is 28.2. The van der Waals surface area contributed by atoms with E-state index in [0.717, 1.165) is 16.0 Å². The first-order chi connectivity index (χ1) is 15.3. The van der Waals surface area contributed by atoms with Crippen LogP contribution in [0.5, 0.6) is 5.75 Å². The first-order valence-electron chi connectivity index (χ1n) is 10.1. The Morgan fingerprint density at radius 2 is 1.91 bits per heavy atom. The minimum atomic E-state index is -2.67. The summed E-state index contributed by atoms with van der Waals surface area (Å²) in [5.74, 6) is -2.51. The molecule has 0 spiro atoms. The second-order valence-electron chi connectivity index (χ2n) is 7.88. The van der Waals surface area contributed by atoms with E-state index < -0.39 is 37.0 Å². The van der Waals surface area contributed by atoms with Gasteiger partial charge in [0.1, 0.15) is 18.0 Å². The molecule has 1 aromatic heterocycles. The minimum Gasteiger partial charge on any atom is -0.453 e. The molecule has 4 rings (SSSR count). The largest absolute Gasteiger partial charge is 0.453 e. The molecule has 1 saturated heterocycles. The molecule has 172 valence electrons. The van der Waals surface area contributed by atoms with Gasteiger partial charge in [0.05, 0.1) is 23.2 Å². The molecule has 1 aliphatic rings. The molecular weight excluding hydrogens is 436 g/mol. The second kappa shape index (κ2) is 8.99. The van der Waals surface area contributed by atoms with Gasteiger partial charge in [-0.1, -0.05) is 12.1 Å². The zero-order chi connectivity index (χ0) is 23.0. The summed E-state index contributed by atoms with van der Waals surface area (Å²) < 4.78 is 10.8. The number of fused-ring (bicyclic) bond motifs is 1. The number of aliphatic hydroxyl groups excluding tert-OH is 4. The molecule has 0 aliphatic carbocycles. The number of rotatable bonds is 6. The van der Waals surface area contributed by atoms with Gasteiger partial charge in [0.2, 0.25) is 6.29 Å². The SMILES string of the molecule is CSc1ccc(Cc2n[nH]c3cc(C)cc(O[C@]4(O)[C@H](O)O[C@H](CO)[C@@H](O)[C@@H]4O)c23)cc1. The third-order valence-corrected chi connectivity index (χ3v) is 6.36. The fraction of sp³-hybridized carbons (Fsp3) is 0.409. The van der Waals surface area contributed by atoms with E-state index in [9.17, 15) is 25.5 Å². The molecule has 0 radical (unpaired) electrons. The van der Waals surface area contributed by atoms with Gasteiger partial charge in [0, 0.05) is 11.3 Å². The molecule has 0 bridgehead atoms. The second-order valence-corrected chi connectivity index (χ2v) is 8.76. The Balaban J connectivity index is 1.71. The number of thioether (sulfide) groups is 1. The molecular formula is C22H26N2O7S. The number of H-pyrrole nitrogens is 1. The van der Waals surface area contributed by atoms with Crippen molar-refractivity contribution in [3.8, 4) is 5.75 Å². The van der Waals surface area contributed by atoms with Crippen LogP contribution in [0.25, 0.3) is 10.9 Å². The molecule has 6 N–H and O–H groups in total. The number of benzene rings is 2. The first-order valence-corrected chi connectivity index (χ1v) is 11.3. The van der Waals surface area contributed by atoms with Crippen LogP contribution in [0.2, 0.25) is 0 Å². The van der Waals surface area contributed by atoms with E-state index in [1.165, 1.54) is 0 Å². The lowest BCUT2D eigenvalue weighted by atomic mass is 9.95. The number of ether oxygens (including phenoxy) is 2. The van der Waals surface area contributed by atoms with Crippen molar-refractivity contribution in [2.24, 2.45) is 0 Å².